The first-order valence-electron chi connectivity index (χ1n) is 6.77. The molecule has 0 unspecified atom stereocenters. The third kappa shape index (κ3) is 2.21. The zero-order valence-electron chi connectivity index (χ0n) is 12.6. The largest absolute Gasteiger partial charge is 0.280 e. The van der Waals surface area contributed by atoms with Crippen LogP contribution in [0.15, 0.2) is 23.7 Å². The molecular weight excluding hydrogens is 282 g/mol. The summed E-state index contributed by atoms with van der Waals surface area (Å²) in [6.45, 7) is 11.2. The number of aromatic nitrogens is 3. The average Bonchev–Trinajstić information content (AvgIpc) is 2.89. The van der Waals surface area contributed by atoms with E-state index in [0.717, 1.165) is 17.0 Å². The summed E-state index contributed by atoms with van der Waals surface area (Å²) >= 11 is 1.76. The molecule has 3 aromatic rings. The molecule has 0 radical (unpaired) electrons. The van der Waals surface area contributed by atoms with Crippen molar-refractivity contribution in [1.29, 1.82) is 0 Å². The minimum atomic E-state index is -1.34. The lowest BCUT2D eigenvalue weighted by atomic mass is 10.4. The topological polar surface area (TPSA) is 30.7 Å². The maximum atomic E-state index is 4.70. The van der Waals surface area contributed by atoms with E-state index >= 15 is 0 Å². The molecule has 0 fully saturated rings. The molecule has 0 bridgehead atoms. The van der Waals surface area contributed by atoms with Gasteiger partial charge in [0.1, 0.15) is 11.3 Å². The van der Waals surface area contributed by atoms with Crippen molar-refractivity contribution in [2.45, 2.75) is 33.5 Å². The van der Waals surface area contributed by atoms with Crippen LogP contribution in [0.1, 0.15) is 10.7 Å². The Hall–Kier alpha value is -1.46. The van der Waals surface area contributed by atoms with E-state index < -0.39 is 8.07 Å². The molecule has 3 rings (SSSR count). The van der Waals surface area contributed by atoms with Crippen molar-refractivity contribution in [3.05, 3.63) is 34.4 Å². The fourth-order valence-electron chi connectivity index (χ4n) is 2.34. The highest BCUT2D eigenvalue weighted by atomic mass is 32.1. The number of pyridine rings is 1. The van der Waals surface area contributed by atoms with Crippen molar-refractivity contribution in [1.82, 2.24) is 14.5 Å². The van der Waals surface area contributed by atoms with Gasteiger partial charge in [-0.15, -0.1) is 11.3 Å². The van der Waals surface area contributed by atoms with E-state index in [-0.39, 0.29) is 0 Å². The number of imidazole rings is 1. The normalized spacial score (nSPS) is 12.2. The minimum absolute atomic E-state index is 0.960. The van der Waals surface area contributed by atoms with Crippen LogP contribution in [0, 0.1) is 13.8 Å². The third-order valence-corrected chi connectivity index (χ3v) is 6.36. The summed E-state index contributed by atoms with van der Waals surface area (Å²) in [6.07, 6.45) is 2.03. The summed E-state index contributed by atoms with van der Waals surface area (Å²) in [5.41, 5.74) is 3.13. The van der Waals surface area contributed by atoms with E-state index in [9.17, 15) is 0 Å². The van der Waals surface area contributed by atoms with E-state index in [1.165, 1.54) is 15.8 Å². The molecule has 0 spiro atoms. The Morgan fingerprint density at radius 3 is 2.50 bits per heavy atom. The molecule has 5 heteroatoms. The molecule has 0 atom stereocenters. The van der Waals surface area contributed by atoms with Gasteiger partial charge in [-0.05, 0) is 31.2 Å². The fourth-order valence-corrected chi connectivity index (χ4v) is 4.03. The highest BCUT2D eigenvalue weighted by Gasteiger charge is 2.19. The van der Waals surface area contributed by atoms with Crippen molar-refractivity contribution in [3.8, 4) is 5.69 Å². The SMILES string of the molecule is Cc1cc(-n2c(C)nc3cc([Si](C)(C)C)cnc32)cs1. The van der Waals surface area contributed by atoms with Gasteiger partial charge in [0.25, 0.3) is 0 Å². The average molecular weight is 301 g/mol. The summed E-state index contributed by atoms with van der Waals surface area (Å²) in [5.74, 6) is 0.998. The maximum absolute atomic E-state index is 4.70. The van der Waals surface area contributed by atoms with Crippen molar-refractivity contribution in [2.75, 3.05) is 0 Å². The van der Waals surface area contributed by atoms with Crippen LogP contribution in [0.2, 0.25) is 19.6 Å². The molecule has 0 aliphatic heterocycles. The Morgan fingerprint density at radius 2 is 1.90 bits per heavy atom. The number of hydrogen-bond donors (Lipinski definition) is 0. The molecule has 3 nitrogen and oxygen atoms in total. The second-order valence-electron chi connectivity index (χ2n) is 6.23. The van der Waals surface area contributed by atoms with Gasteiger partial charge in [-0.1, -0.05) is 19.6 Å². The van der Waals surface area contributed by atoms with Gasteiger partial charge in [-0.3, -0.25) is 4.57 Å². The summed E-state index contributed by atoms with van der Waals surface area (Å²) in [5, 5.41) is 3.52. The Kier molecular flexibility index (Phi) is 3.06. The van der Waals surface area contributed by atoms with Crippen molar-refractivity contribution in [3.63, 3.8) is 0 Å². The van der Waals surface area contributed by atoms with Gasteiger partial charge in [0.05, 0.1) is 13.8 Å². The summed E-state index contributed by atoms with van der Waals surface area (Å²) in [4.78, 5) is 10.7. The standard InChI is InChI=1S/C15H19N3SSi/c1-10-6-12(9-19-10)18-11(2)17-14-7-13(20(3,4)5)8-16-15(14)18/h6-9H,1-5H3. The quantitative estimate of drug-likeness (QED) is 0.677. The molecule has 0 aliphatic carbocycles. The lowest BCUT2D eigenvalue weighted by Crippen LogP contribution is -2.37. The van der Waals surface area contributed by atoms with Gasteiger partial charge in [-0.25, -0.2) is 9.97 Å². The molecule has 3 heterocycles. The number of nitrogens with zero attached hydrogens (tertiary/aromatic N) is 3. The van der Waals surface area contributed by atoms with Gasteiger partial charge in [0.2, 0.25) is 0 Å². The Balaban J connectivity index is 2.22. The van der Waals surface area contributed by atoms with Crippen molar-refractivity contribution >= 4 is 35.8 Å². The Bertz CT molecular complexity index is 780. The van der Waals surface area contributed by atoms with Gasteiger partial charge < -0.3 is 0 Å². The Morgan fingerprint density at radius 1 is 1.15 bits per heavy atom. The highest BCUT2D eigenvalue weighted by molar-refractivity contribution is 7.10. The number of rotatable bonds is 2. The third-order valence-electron chi connectivity index (χ3n) is 3.51. The van der Waals surface area contributed by atoms with Crippen LogP contribution in [0.5, 0.6) is 0 Å². The monoisotopic (exact) mass is 301 g/mol. The first-order valence-corrected chi connectivity index (χ1v) is 11.2. The first-order chi connectivity index (χ1) is 9.36. The van der Waals surface area contributed by atoms with Gasteiger partial charge >= 0.3 is 0 Å². The van der Waals surface area contributed by atoms with Gasteiger partial charge in [0, 0.05) is 16.5 Å². The lowest BCUT2D eigenvalue weighted by molar-refractivity contribution is 0.992. The molecule has 0 aliphatic rings. The fraction of sp³-hybridized carbons (Fsp3) is 0.333. The number of thiophene rings is 1. The summed E-state index contributed by atoms with van der Waals surface area (Å²) in [7, 11) is -1.34. The van der Waals surface area contributed by atoms with E-state index in [0.29, 0.717) is 0 Å². The summed E-state index contributed by atoms with van der Waals surface area (Å²) < 4.78 is 2.15. The van der Waals surface area contributed by atoms with Crippen LogP contribution in [0.3, 0.4) is 0 Å². The lowest BCUT2D eigenvalue weighted by Gasteiger charge is -2.15. The summed E-state index contributed by atoms with van der Waals surface area (Å²) in [6, 6.07) is 4.41. The molecule has 0 amide bonds. The first kappa shape index (κ1) is 13.5. The van der Waals surface area contributed by atoms with E-state index in [1.807, 2.05) is 13.1 Å². The van der Waals surface area contributed by atoms with Gasteiger partial charge in [-0.2, -0.15) is 0 Å². The van der Waals surface area contributed by atoms with Crippen LogP contribution in [0.4, 0.5) is 0 Å². The van der Waals surface area contributed by atoms with Crippen LogP contribution in [0.25, 0.3) is 16.9 Å². The molecule has 0 saturated carbocycles. The second kappa shape index (κ2) is 4.53. The number of hydrogen-bond acceptors (Lipinski definition) is 3. The number of aryl methyl sites for hydroxylation is 2. The van der Waals surface area contributed by atoms with Crippen molar-refractivity contribution < 1.29 is 0 Å². The van der Waals surface area contributed by atoms with Crippen LogP contribution in [-0.2, 0) is 0 Å². The highest BCUT2D eigenvalue weighted by Crippen LogP contribution is 2.23. The van der Waals surface area contributed by atoms with E-state index in [2.05, 4.69) is 48.6 Å². The van der Waals surface area contributed by atoms with Gasteiger partial charge in [0.15, 0.2) is 5.65 Å². The molecule has 104 valence electrons. The van der Waals surface area contributed by atoms with E-state index in [1.54, 1.807) is 11.3 Å². The minimum Gasteiger partial charge on any atom is -0.280 e. The zero-order chi connectivity index (χ0) is 14.5. The molecule has 3 aromatic heterocycles. The molecule has 0 aromatic carbocycles. The van der Waals surface area contributed by atoms with E-state index in [4.69, 9.17) is 9.97 Å². The smallest absolute Gasteiger partial charge is 0.164 e. The predicted octanol–water partition coefficient (Wildman–Crippen LogP) is 3.64. The van der Waals surface area contributed by atoms with Crippen LogP contribution < -0.4 is 5.19 Å². The molecular formula is C15H19N3SSi. The van der Waals surface area contributed by atoms with Crippen LogP contribution >= 0.6 is 11.3 Å². The Labute approximate surface area is 124 Å². The second-order valence-corrected chi connectivity index (χ2v) is 12.4. The van der Waals surface area contributed by atoms with Crippen molar-refractivity contribution in [2.24, 2.45) is 0 Å². The number of fused-ring (bicyclic) bond motifs is 1. The van der Waals surface area contributed by atoms with Crippen LogP contribution in [-0.4, -0.2) is 22.6 Å². The zero-order valence-corrected chi connectivity index (χ0v) is 14.4. The molecule has 20 heavy (non-hydrogen) atoms. The maximum Gasteiger partial charge on any atom is 0.164 e. The molecule has 0 N–H and O–H groups in total. The predicted molar refractivity (Wildman–Crippen MR) is 89.2 cm³/mol. The molecule has 0 saturated heterocycles.